The lowest BCUT2D eigenvalue weighted by molar-refractivity contribution is 0.0337. The predicted molar refractivity (Wildman–Crippen MR) is 125 cm³/mol. The van der Waals surface area contributed by atoms with E-state index in [9.17, 15) is 14.4 Å². The monoisotopic (exact) mass is 495 g/mol. The number of aromatic nitrogens is 4. The van der Waals surface area contributed by atoms with E-state index in [2.05, 4.69) is 10.3 Å². The number of imidazole rings is 1. The van der Waals surface area contributed by atoms with Gasteiger partial charge in [-0.2, -0.15) is 4.98 Å². The second kappa shape index (κ2) is 9.11. The number of aryl methyl sites for hydroxylation is 2. The molecule has 0 unspecified atom stereocenters. The largest absolute Gasteiger partial charge is 0.506 e. The van der Waals surface area contributed by atoms with Crippen molar-refractivity contribution in [3.8, 4) is 0 Å². The number of halogens is 2. The van der Waals surface area contributed by atoms with Gasteiger partial charge in [0.1, 0.15) is 6.10 Å². The summed E-state index contributed by atoms with van der Waals surface area (Å²) in [6.07, 6.45) is 1.09. The van der Waals surface area contributed by atoms with Gasteiger partial charge in [0.15, 0.2) is 11.2 Å². The molecule has 2 heterocycles. The summed E-state index contributed by atoms with van der Waals surface area (Å²) in [6, 6.07) is 4.87. The molecule has 3 aromatic rings. The summed E-state index contributed by atoms with van der Waals surface area (Å²) in [5.74, 6) is 0.422. The van der Waals surface area contributed by atoms with Crippen LogP contribution in [0, 0.1) is 0 Å². The zero-order valence-corrected chi connectivity index (χ0v) is 19.6. The van der Waals surface area contributed by atoms with Crippen molar-refractivity contribution in [3.05, 3.63) is 54.6 Å². The Balaban J connectivity index is 1.68. The van der Waals surface area contributed by atoms with Gasteiger partial charge in [0.2, 0.25) is 5.95 Å². The quantitative estimate of drug-likeness (QED) is 0.521. The van der Waals surface area contributed by atoms with Gasteiger partial charge in [-0.15, -0.1) is 0 Å². The molecule has 33 heavy (non-hydrogen) atoms. The Morgan fingerprint density at radius 3 is 2.67 bits per heavy atom. The summed E-state index contributed by atoms with van der Waals surface area (Å²) in [5.41, 5.74) is 0.215. The van der Waals surface area contributed by atoms with Crippen LogP contribution in [0.15, 0.2) is 27.8 Å². The highest BCUT2D eigenvalue weighted by atomic mass is 35.5. The number of carboxylic acid groups (broad SMARTS) is 1. The van der Waals surface area contributed by atoms with Crippen molar-refractivity contribution >= 4 is 46.5 Å². The molecule has 0 saturated heterocycles. The maximum absolute atomic E-state index is 13.3. The summed E-state index contributed by atoms with van der Waals surface area (Å²) in [4.78, 5) is 41.6. The molecule has 1 aliphatic carbocycles. The maximum atomic E-state index is 13.3. The van der Waals surface area contributed by atoms with Crippen molar-refractivity contribution in [1.29, 1.82) is 0 Å². The second-order valence-corrected chi connectivity index (χ2v) is 8.98. The molecular weight excluding hydrogens is 473 g/mol. The highest BCUT2D eigenvalue weighted by Crippen LogP contribution is 2.25. The van der Waals surface area contributed by atoms with E-state index in [1.807, 2.05) is 0 Å². The molecule has 176 valence electrons. The lowest BCUT2D eigenvalue weighted by Crippen LogP contribution is -2.39. The van der Waals surface area contributed by atoms with Crippen LogP contribution in [-0.4, -0.2) is 42.1 Å². The number of hydrogen-bond donors (Lipinski definition) is 2. The van der Waals surface area contributed by atoms with Crippen LogP contribution in [-0.2, 0) is 25.4 Å². The molecule has 0 aliphatic heterocycles. The lowest BCUT2D eigenvalue weighted by atomic mass is 9.93. The van der Waals surface area contributed by atoms with E-state index in [1.54, 1.807) is 36.9 Å². The van der Waals surface area contributed by atoms with E-state index in [4.69, 9.17) is 33.0 Å². The Morgan fingerprint density at radius 1 is 1.21 bits per heavy atom. The third-order valence-corrected chi connectivity index (χ3v) is 6.65. The number of fused-ring (bicyclic) bond motifs is 1. The molecule has 2 N–H and O–H groups in total. The van der Waals surface area contributed by atoms with E-state index >= 15 is 0 Å². The SMILES string of the molecule is Cn1c(N[C@H]2CCC[C@@H](OC(=O)O)C2)nc2c1c(=O)n(Cc1ccc(Cl)c(Cl)c1)c(=O)n2C. The summed E-state index contributed by atoms with van der Waals surface area (Å²) >= 11 is 12.0. The Kier molecular flexibility index (Phi) is 6.40. The topological polar surface area (TPSA) is 120 Å². The van der Waals surface area contributed by atoms with Gasteiger partial charge in [0, 0.05) is 26.6 Å². The molecule has 1 saturated carbocycles. The van der Waals surface area contributed by atoms with Gasteiger partial charge in [0.25, 0.3) is 5.56 Å². The first-order chi connectivity index (χ1) is 15.7. The molecule has 1 fully saturated rings. The number of benzene rings is 1. The second-order valence-electron chi connectivity index (χ2n) is 8.16. The molecule has 10 nitrogen and oxygen atoms in total. The Labute approximate surface area is 198 Å². The minimum atomic E-state index is -1.29. The molecule has 0 spiro atoms. The molecule has 0 radical (unpaired) electrons. The first kappa shape index (κ1) is 23.2. The van der Waals surface area contributed by atoms with Crippen LogP contribution in [0.1, 0.15) is 31.2 Å². The minimum Gasteiger partial charge on any atom is -0.450 e. The Bertz CT molecular complexity index is 1350. The van der Waals surface area contributed by atoms with E-state index < -0.39 is 23.5 Å². The molecule has 4 rings (SSSR count). The van der Waals surface area contributed by atoms with Gasteiger partial charge in [-0.1, -0.05) is 29.3 Å². The van der Waals surface area contributed by atoms with Gasteiger partial charge in [0.05, 0.1) is 16.6 Å². The smallest absolute Gasteiger partial charge is 0.450 e. The normalized spacial score (nSPS) is 18.4. The molecule has 1 aliphatic rings. The van der Waals surface area contributed by atoms with Gasteiger partial charge in [-0.3, -0.25) is 13.9 Å². The highest BCUT2D eigenvalue weighted by molar-refractivity contribution is 6.42. The van der Waals surface area contributed by atoms with Crippen molar-refractivity contribution in [1.82, 2.24) is 18.7 Å². The van der Waals surface area contributed by atoms with Crippen molar-refractivity contribution < 1.29 is 14.6 Å². The number of nitrogens with one attached hydrogen (secondary N) is 1. The summed E-state index contributed by atoms with van der Waals surface area (Å²) in [7, 11) is 3.25. The average Bonchev–Trinajstić information content (AvgIpc) is 3.08. The van der Waals surface area contributed by atoms with Gasteiger partial charge in [-0.05, 0) is 37.0 Å². The van der Waals surface area contributed by atoms with Crippen LogP contribution in [0.5, 0.6) is 0 Å². The van der Waals surface area contributed by atoms with Gasteiger partial charge >= 0.3 is 11.8 Å². The third kappa shape index (κ3) is 4.58. The third-order valence-electron chi connectivity index (χ3n) is 5.91. The number of ether oxygens (including phenoxy) is 1. The number of carbonyl (C=O) groups is 1. The van der Waals surface area contributed by atoms with E-state index in [-0.39, 0.29) is 23.8 Å². The summed E-state index contributed by atoms with van der Waals surface area (Å²) < 4.78 is 9.00. The molecule has 0 amide bonds. The van der Waals surface area contributed by atoms with E-state index in [0.29, 0.717) is 34.4 Å². The average molecular weight is 496 g/mol. The maximum Gasteiger partial charge on any atom is 0.506 e. The molecular formula is C21H23Cl2N5O5. The molecule has 0 bridgehead atoms. The fraction of sp³-hybridized carbons (Fsp3) is 0.429. The first-order valence-electron chi connectivity index (χ1n) is 10.4. The molecule has 2 atom stereocenters. The number of nitrogens with zero attached hydrogens (tertiary/aromatic N) is 4. The van der Waals surface area contributed by atoms with E-state index in [1.165, 1.54) is 4.57 Å². The first-order valence-corrected chi connectivity index (χ1v) is 11.2. The van der Waals surface area contributed by atoms with Crippen molar-refractivity contribution in [2.45, 2.75) is 44.4 Å². The zero-order chi connectivity index (χ0) is 23.9. The van der Waals surface area contributed by atoms with Crippen LogP contribution in [0.25, 0.3) is 11.2 Å². The molecule has 12 heteroatoms. The van der Waals surface area contributed by atoms with Crippen LogP contribution in [0.3, 0.4) is 0 Å². The van der Waals surface area contributed by atoms with Crippen LogP contribution in [0.2, 0.25) is 10.0 Å². The molecule has 2 aromatic heterocycles. The van der Waals surface area contributed by atoms with Gasteiger partial charge in [-0.25, -0.2) is 9.59 Å². The lowest BCUT2D eigenvalue weighted by Gasteiger charge is -2.28. The van der Waals surface area contributed by atoms with E-state index in [0.717, 1.165) is 17.4 Å². The summed E-state index contributed by atoms with van der Waals surface area (Å²) in [5, 5.41) is 12.9. The number of hydrogen-bond acceptors (Lipinski definition) is 6. The standard InChI is InChI=1S/C21H23Cl2N5O5/c1-26-16-17(25-19(26)24-12-4-3-5-13(9-12)33-21(31)32)27(2)20(30)28(18(16)29)10-11-6-7-14(22)15(23)8-11/h6-8,12-13H,3-5,9-10H2,1-2H3,(H,24,25)(H,31,32)/t12-,13+/m0/s1. The van der Waals surface area contributed by atoms with Crippen molar-refractivity contribution in [2.24, 2.45) is 14.1 Å². The Hall–Kier alpha value is -2.98. The fourth-order valence-corrected chi connectivity index (χ4v) is 4.56. The summed E-state index contributed by atoms with van der Waals surface area (Å²) in [6.45, 7) is 0.0309. The zero-order valence-electron chi connectivity index (χ0n) is 18.0. The number of anilines is 1. The highest BCUT2D eigenvalue weighted by Gasteiger charge is 2.27. The molecule has 1 aromatic carbocycles. The van der Waals surface area contributed by atoms with Gasteiger partial charge < -0.3 is 19.7 Å². The Morgan fingerprint density at radius 2 is 1.97 bits per heavy atom. The van der Waals surface area contributed by atoms with Crippen molar-refractivity contribution in [2.75, 3.05) is 5.32 Å². The number of rotatable bonds is 5. The van der Waals surface area contributed by atoms with Crippen molar-refractivity contribution in [3.63, 3.8) is 0 Å². The minimum absolute atomic E-state index is 0.0309. The van der Waals surface area contributed by atoms with Crippen LogP contribution >= 0.6 is 23.2 Å². The van der Waals surface area contributed by atoms with Crippen LogP contribution in [0.4, 0.5) is 10.7 Å². The predicted octanol–water partition coefficient (Wildman–Crippen LogP) is 3.21. The van der Waals surface area contributed by atoms with Crippen LogP contribution < -0.4 is 16.6 Å². The fourth-order valence-electron chi connectivity index (χ4n) is 4.24.